The third-order valence-corrected chi connectivity index (χ3v) is 4.91. The lowest BCUT2D eigenvalue weighted by atomic mass is 10.1. The number of hydrogen-bond acceptors (Lipinski definition) is 4. The topological polar surface area (TPSA) is 75.6 Å². The van der Waals surface area contributed by atoms with Crippen molar-refractivity contribution in [3.05, 3.63) is 71.0 Å². The summed E-state index contributed by atoms with van der Waals surface area (Å²) in [5, 5.41) is 8.96. The molecule has 1 atom stereocenters. The zero-order chi connectivity index (χ0) is 18.3. The summed E-state index contributed by atoms with van der Waals surface area (Å²) >= 11 is 0. The standard InChI is InChI=1S/C18H22FNO4S/c1-14-5-7-16(8-6-14)18(24-10-9-21)12-20-25(22,23)13-15-3-2-4-17(19)11-15/h2-8,11,18,20-21H,9-10,12-13H2,1H3. The largest absolute Gasteiger partial charge is 0.394 e. The summed E-state index contributed by atoms with van der Waals surface area (Å²) in [6, 6.07) is 13.0. The van der Waals surface area contributed by atoms with E-state index in [2.05, 4.69) is 4.72 Å². The summed E-state index contributed by atoms with van der Waals surface area (Å²) in [5.41, 5.74) is 2.26. The molecule has 5 nitrogen and oxygen atoms in total. The van der Waals surface area contributed by atoms with Crippen LogP contribution in [0.1, 0.15) is 22.8 Å². The van der Waals surface area contributed by atoms with Gasteiger partial charge in [0.25, 0.3) is 0 Å². The number of nitrogens with one attached hydrogen (secondary N) is 1. The van der Waals surface area contributed by atoms with Gasteiger partial charge in [-0.25, -0.2) is 17.5 Å². The minimum absolute atomic E-state index is 0.0285. The van der Waals surface area contributed by atoms with E-state index < -0.39 is 21.9 Å². The van der Waals surface area contributed by atoms with Gasteiger partial charge in [0.15, 0.2) is 0 Å². The molecule has 0 bridgehead atoms. The summed E-state index contributed by atoms with van der Waals surface area (Å²) in [6.45, 7) is 1.93. The molecule has 0 amide bonds. The van der Waals surface area contributed by atoms with Gasteiger partial charge >= 0.3 is 0 Å². The lowest BCUT2D eigenvalue weighted by Crippen LogP contribution is -2.31. The fraction of sp³-hybridized carbons (Fsp3) is 0.333. The Kier molecular flexibility index (Phi) is 7.07. The number of aryl methyl sites for hydroxylation is 1. The van der Waals surface area contributed by atoms with Gasteiger partial charge in [-0.3, -0.25) is 0 Å². The van der Waals surface area contributed by atoms with Gasteiger partial charge in [0.2, 0.25) is 10.0 Å². The molecule has 136 valence electrons. The fourth-order valence-corrected chi connectivity index (χ4v) is 3.47. The Balaban J connectivity index is 2.04. The second-order valence-electron chi connectivity index (χ2n) is 5.73. The van der Waals surface area contributed by atoms with Gasteiger partial charge in [-0.15, -0.1) is 0 Å². The lowest BCUT2D eigenvalue weighted by Gasteiger charge is -2.19. The van der Waals surface area contributed by atoms with E-state index >= 15 is 0 Å². The maximum absolute atomic E-state index is 13.2. The number of aliphatic hydroxyl groups is 1. The number of ether oxygens (including phenoxy) is 1. The van der Waals surface area contributed by atoms with Crippen LogP contribution in [-0.2, 0) is 20.5 Å². The van der Waals surface area contributed by atoms with E-state index in [-0.39, 0.29) is 25.5 Å². The molecule has 0 spiro atoms. The molecule has 25 heavy (non-hydrogen) atoms. The normalized spacial score (nSPS) is 12.9. The van der Waals surface area contributed by atoms with Crippen molar-refractivity contribution < 1.29 is 22.7 Å². The van der Waals surface area contributed by atoms with Crippen molar-refractivity contribution in [2.24, 2.45) is 0 Å². The summed E-state index contributed by atoms with van der Waals surface area (Å²) in [4.78, 5) is 0. The predicted molar refractivity (Wildman–Crippen MR) is 94.0 cm³/mol. The molecule has 0 aromatic heterocycles. The number of rotatable bonds is 9. The lowest BCUT2D eigenvalue weighted by molar-refractivity contribution is 0.0309. The summed E-state index contributed by atoms with van der Waals surface area (Å²) in [6.07, 6.45) is -0.518. The van der Waals surface area contributed by atoms with E-state index in [1.54, 1.807) is 6.07 Å². The van der Waals surface area contributed by atoms with Crippen LogP contribution in [0.25, 0.3) is 0 Å². The van der Waals surface area contributed by atoms with Crippen LogP contribution < -0.4 is 4.72 Å². The number of benzene rings is 2. The Morgan fingerprint density at radius 1 is 1.20 bits per heavy atom. The van der Waals surface area contributed by atoms with Crippen LogP contribution in [0.15, 0.2) is 48.5 Å². The molecule has 0 fully saturated rings. The number of hydrogen-bond donors (Lipinski definition) is 2. The first-order chi connectivity index (χ1) is 11.9. The molecule has 0 saturated carbocycles. The SMILES string of the molecule is Cc1ccc(C(CNS(=O)(=O)Cc2cccc(F)c2)OCCO)cc1. The van der Waals surface area contributed by atoms with Crippen LogP contribution in [0.4, 0.5) is 4.39 Å². The highest BCUT2D eigenvalue weighted by molar-refractivity contribution is 7.88. The van der Waals surface area contributed by atoms with E-state index in [0.29, 0.717) is 5.56 Å². The Labute approximate surface area is 147 Å². The number of halogens is 1. The van der Waals surface area contributed by atoms with Crippen molar-refractivity contribution in [3.63, 3.8) is 0 Å². The summed E-state index contributed by atoms with van der Waals surface area (Å²) < 4.78 is 45.7. The highest BCUT2D eigenvalue weighted by Crippen LogP contribution is 2.18. The third kappa shape index (κ3) is 6.55. The molecule has 2 N–H and O–H groups in total. The van der Waals surface area contributed by atoms with Gasteiger partial charge in [-0.1, -0.05) is 42.0 Å². The first-order valence-electron chi connectivity index (χ1n) is 7.90. The van der Waals surface area contributed by atoms with Gasteiger partial charge in [-0.05, 0) is 30.2 Å². The van der Waals surface area contributed by atoms with E-state index in [1.165, 1.54) is 18.2 Å². The maximum Gasteiger partial charge on any atom is 0.215 e. The predicted octanol–water partition coefficient (Wildman–Crippen LogP) is 2.30. The van der Waals surface area contributed by atoms with Gasteiger partial charge < -0.3 is 9.84 Å². The van der Waals surface area contributed by atoms with Crippen molar-refractivity contribution in [2.75, 3.05) is 19.8 Å². The van der Waals surface area contributed by atoms with Gasteiger partial charge in [0.1, 0.15) is 5.82 Å². The van der Waals surface area contributed by atoms with Gasteiger partial charge in [0.05, 0.1) is 25.1 Å². The highest BCUT2D eigenvalue weighted by Gasteiger charge is 2.17. The molecular formula is C18H22FNO4S. The fourth-order valence-electron chi connectivity index (χ4n) is 2.35. The first kappa shape index (κ1) is 19.5. The van der Waals surface area contributed by atoms with Crippen molar-refractivity contribution >= 4 is 10.0 Å². The first-order valence-corrected chi connectivity index (χ1v) is 9.55. The molecule has 2 aromatic carbocycles. The second kappa shape index (κ2) is 9.05. The average molecular weight is 367 g/mol. The third-order valence-electron chi connectivity index (χ3n) is 3.59. The molecule has 0 radical (unpaired) electrons. The quantitative estimate of drug-likeness (QED) is 0.713. The van der Waals surface area contributed by atoms with Gasteiger partial charge in [0, 0.05) is 6.54 Å². The molecule has 0 saturated heterocycles. The Hall–Kier alpha value is -1.80. The van der Waals surface area contributed by atoms with Crippen LogP contribution in [0.2, 0.25) is 0 Å². The summed E-state index contributed by atoms with van der Waals surface area (Å²) in [7, 11) is -3.65. The van der Waals surface area contributed by atoms with Crippen LogP contribution in [0.3, 0.4) is 0 Å². The molecule has 0 heterocycles. The van der Waals surface area contributed by atoms with E-state index in [4.69, 9.17) is 9.84 Å². The molecular weight excluding hydrogens is 345 g/mol. The van der Waals surface area contributed by atoms with Crippen LogP contribution in [0.5, 0.6) is 0 Å². The molecule has 7 heteroatoms. The zero-order valence-corrected chi connectivity index (χ0v) is 14.8. The number of sulfonamides is 1. The highest BCUT2D eigenvalue weighted by atomic mass is 32.2. The van der Waals surface area contributed by atoms with Gasteiger partial charge in [-0.2, -0.15) is 0 Å². The zero-order valence-electron chi connectivity index (χ0n) is 14.0. The van der Waals surface area contributed by atoms with E-state index in [0.717, 1.165) is 11.1 Å². The summed E-state index contributed by atoms with van der Waals surface area (Å²) in [5.74, 6) is -0.790. The van der Waals surface area contributed by atoms with Crippen molar-refractivity contribution in [3.8, 4) is 0 Å². The van der Waals surface area contributed by atoms with Crippen molar-refractivity contribution in [1.29, 1.82) is 0 Å². The molecule has 2 aromatic rings. The Morgan fingerprint density at radius 2 is 1.92 bits per heavy atom. The monoisotopic (exact) mass is 367 g/mol. The van der Waals surface area contributed by atoms with Crippen LogP contribution in [0, 0.1) is 12.7 Å². The van der Waals surface area contributed by atoms with Crippen molar-refractivity contribution in [2.45, 2.75) is 18.8 Å². The molecule has 0 aliphatic rings. The smallest absolute Gasteiger partial charge is 0.215 e. The van der Waals surface area contributed by atoms with E-state index in [1.807, 2.05) is 31.2 Å². The van der Waals surface area contributed by atoms with Crippen molar-refractivity contribution in [1.82, 2.24) is 4.72 Å². The Morgan fingerprint density at radius 3 is 2.56 bits per heavy atom. The minimum Gasteiger partial charge on any atom is -0.394 e. The molecule has 0 aliphatic carbocycles. The minimum atomic E-state index is -3.65. The van der Waals surface area contributed by atoms with Crippen LogP contribution >= 0.6 is 0 Å². The molecule has 0 aliphatic heterocycles. The molecule has 1 unspecified atom stereocenters. The van der Waals surface area contributed by atoms with E-state index in [9.17, 15) is 12.8 Å². The average Bonchev–Trinajstić information content (AvgIpc) is 2.55. The second-order valence-corrected chi connectivity index (χ2v) is 7.54. The number of aliphatic hydroxyl groups excluding tert-OH is 1. The maximum atomic E-state index is 13.2. The van der Waals surface area contributed by atoms with Crippen LogP contribution in [-0.4, -0.2) is 33.3 Å². The Bertz CT molecular complexity index is 778. The molecule has 2 rings (SSSR count).